The first-order valence-electron chi connectivity index (χ1n) is 14.9. The van der Waals surface area contributed by atoms with E-state index in [9.17, 15) is 0 Å². The average molecular weight is 575 g/mol. The molecule has 4 aliphatic heterocycles. The summed E-state index contributed by atoms with van der Waals surface area (Å²) in [4.78, 5) is 23.9. The highest BCUT2D eigenvalue weighted by atomic mass is 15.3. The second kappa shape index (κ2) is 9.00. The molecule has 0 saturated heterocycles. The van der Waals surface area contributed by atoms with Gasteiger partial charge in [-0.15, -0.1) is 4.99 Å². The number of hydrogen-bond acceptors (Lipinski definition) is 5. The zero-order valence-corrected chi connectivity index (χ0v) is 25.0. The van der Waals surface area contributed by atoms with Gasteiger partial charge in [0.2, 0.25) is 16.8 Å². The summed E-state index contributed by atoms with van der Waals surface area (Å²) in [6, 6.07) is 25.2. The third-order valence-electron chi connectivity index (χ3n) is 9.40. The number of hydrogen-bond donors (Lipinski definition) is 0. The topological polar surface area (TPSA) is 63.6 Å². The minimum Gasteiger partial charge on any atom is -0.310 e. The van der Waals surface area contributed by atoms with Gasteiger partial charge in [-0.1, -0.05) is 75.7 Å². The quantitative estimate of drug-likeness (QED) is 0.297. The van der Waals surface area contributed by atoms with Crippen LogP contribution in [0.2, 0.25) is 0 Å². The predicted octanol–water partition coefficient (Wildman–Crippen LogP) is 3.36. The zero-order valence-electron chi connectivity index (χ0n) is 25.0. The predicted molar refractivity (Wildman–Crippen MR) is 172 cm³/mol. The van der Waals surface area contributed by atoms with Gasteiger partial charge in [0.25, 0.3) is 23.3 Å². The Morgan fingerprint density at radius 1 is 0.636 bits per heavy atom. The van der Waals surface area contributed by atoms with Gasteiger partial charge in [-0.05, 0) is 36.4 Å². The van der Waals surface area contributed by atoms with Gasteiger partial charge in [0.05, 0.1) is 42.3 Å². The third kappa shape index (κ3) is 3.28. The average Bonchev–Trinajstić information content (AvgIpc) is 3.67. The minimum absolute atomic E-state index is 0.0723. The van der Waals surface area contributed by atoms with E-state index < -0.39 is 0 Å². The first kappa shape index (κ1) is 25.0. The highest BCUT2D eigenvalue weighted by Crippen LogP contribution is 2.39. The number of fused-ring (bicyclic) bond motifs is 17. The maximum Gasteiger partial charge on any atom is 0.273 e. The zero-order chi connectivity index (χ0) is 29.7. The molecule has 0 radical (unpaired) electrons. The van der Waals surface area contributed by atoms with Crippen LogP contribution in [-0.4, -0.2) is 69.3 Å². The lowest BCUT2D eigenvalue weighted by molar-refractivity contribution is -0.367. The third-order valence-corrected chi connectivity index (χ3v) is 9.40. The molecule has 5 heterocycles. The van der Waals surface area contributed by atoms with Crippen molar-refractivity contribution in [3.05, 3.63) is 142 Å². The molecule has 8 nitrogen and oxygen atoms in total. The maximum absolute atomic E-state index is 5.49. The van der Waals surface area contributed by atoms with Crippen LogP contribution in [-0.2, 0) is 7.05 Å². The number of aromatic nitrogens is 1. The summed E-state index contributed by atoms with van der Waals surface area (Å²) in [6.45, 7) is 0. The van der Waals surface area contributed by atoms with Crippen LogP contribution >= 0.6 is 0 Å². The number of amidine groups is 4. The van der Waals surface area contributed by atoms with Gasteiger partial charge in [0.15, 0.2) is 6.17 Å². The Bertz CT molecular complexity index is 2340. The smallest absolute Gasteiger partial charge is 0.273 e. The van der Waals surface area contributed by atoms with E-state index in [1.54, 1.807) is 0 Å². The molecule has 2 atom stereocenters. The standard InChI is InChI=1S/C36H30N8/c1-41-29-21-13-5-6-14-22(21)30(41)38-32-24-16-8-10-18-26(24)34(43(32)3)40-36-28-20-12-11-19-27(28)35(44(36)4)39-33-25-17-9-7-15-23(25)31(37-29)42(33)2/h5-21,29H,1-4H3/q+2/b37-31-,38-32-. The van der Waals surface area contributed by atoms with Crippen LogP contribution in [0.3, 0.4) is 0 Å². The van der Waals surface area contributed by atoms with Crippen LogP contribution in [0.25, 0.3) is 10.8 Å². The summed E-state index contributed by atoms with van der Waals surface area (Å²) in [6.07, 6.45) is 8.47. The van der Waals surface area contributed by atoms with E-state index in [4.69, 9.17) is 20.0 Å². The molecule has 8 bridgehead atoms. The summed E-state index contributed by atoms with van der Waals surface area (Å²) in [5, 5.41) is 2.11. The summed E-state index contributed by atoms with van der Waals surface area (Å²) < 4.78 is 6.37. The molecule has 5 aliphatic rings. The van der Waals surface area contributed by atoms with Crippen LogP contribution < -0.4 is 11.0 Å². The van der Waals surface area contributed by atoms with E-state index in [0.29, 0.717) is 0 Å². The van der Waals surface area contributed by atoms with Crippen molar-refractivity contribution in [2.24, 2.45) is 32.9 Å². The van der Waals surface area contributed by atoms with Gasteiger partial charge in [0.1, 0.15) is 0 Å². The first-order valence-corrected chi connectivity index (χ1v) is 14.9. The number of nitrogens with zero attached hydrogens (tertiary/aromatic N) is 8. The van der Waals surface area contributed by atoms with Gasteiger partial charge in [-0.2, -0.15) is 0 Å². The van der Waals surface area contributed by atoms with Crippen LogP contribution in [0, 0.1) is 5.92 Å². The maximum atomic E-state index is 5.49. The SMILES string of the molecule is CN1C2=C3C=CC=CC3C1/N=C1/c3ccccc3C(=[N+]1C)N=c1c3ccccc3c(n1C)=NC1=[N+](C)/C(=N\2)c2ccccc21. The molecule has 212 valence electrons. The lowest BCUT2D eigenvalue weighted by atomic mass is 9.95. The van der Waals surface area contributed by atoms with E-state index in [0.717, 1.165) is 78.7 Å². The molecule has 44 heavy (non-hydrogen) atoms. The summed E-state index contributed by atoms with van der Waals surface area (Å²) >= 11 is 0. The van der Waals surface area contributed by atoms with Gasteiger partial charge in [-0.25, -0.2) is 9.15 Å². The summed E-state index contributed by atoms with van der Waals surface area (Å²) in [5.74, 6) is 4.50. The van der Waals surface area contributed by atoms with E-state index in [1.807, 2.05) is 0 Å². The lowest BCUT2D eigenvalue weighted by Crippen LogP contribution is -2.32. The Morgan fingerprint density at radius 2 is 1.18 bits per heavy atom. The fourth-order valence-electron chi connectivity index (χ4n) is 7.18. The second-order valence-corrected chi connectivity index (χ2v) is 11.8. The second-order valence-electron chi connectivity index (χ2n) is 11.8. The van der Waals surface area contributed by atoms with Gasteiger partial charge < -0.3 is 4.90 Å². The normalized spacial score (nSPS) is 23.7. The van der Waals surface area contributed by atoms with Crippen molar-refractivity contribution in [2.45, 2.75) is 6.17 Å². The Hall–Kier alpha value is -5.50. The Balaban J connectivity index is 1.45. The van der Waals surface area contributed by atoms with Crippen LogP contribution in [0.1, 0.15) is 22.3 Å². The Labute approximate surface area is 254 Å². The molecular weight excluding hydrogens is 544 g/mol. The van der Waals surface area contributed by atoms with Gasteiger partial charge in [0, 0.05) is 30.4 Å². The minimum atomic E-state index is -0.166. The van der Waals surface area contributed by atoms with Crippen molar-refractivity contribution in [1.82, 2.24) is 9.47 Å². The molecular formula is C36H30N8+2. The molecule has 4 aromatic rings. The van der Waals surface area contributed by atoms with E-state index in [1.165, 1.54) is 0 Å². The molecule has 3 aromatic carbocycles. The number of aliphatic imine (C=N–C) groups is 2. The Kier molecular flexibility index (Phi) is 5.12. The van der Waals surface area contributed by atoms with Crippen molar-refractivity contribution in [3.63, 3.8) is 0 Å². The lowest BCUT2D eigenvalue weighted by Gasteiger charge is -2.19. The van der Waals surface area contributed by atoms with Crippen molar-refractivity contribution < 1.29 is 9.15 Å². The van der Waals surface area contributed by atoms with Crippen LogP contribution in [0.15, 0.2) is 128 Å². The largest absolute Gasteiger partial charge is 0.310 e. The van der Waals surface area contributed by atoms with E-state index in [2.05, 4.69) is 144 Å². The van der Waals surface area contributed by atoms with Crippen molar-refractivity contribution in [1.29, 1.82) is 0 Å². The van der Waals surface area contributed by atoms with Gasteiger partial charge >= 0.3 is 0 Å². The summed E-state index contributed by atoms with van der Waals surface area (Å²) in [7, 11) is 8.29. The molecule has 2 unspecified atom stereocenters. The molecule has 0 amide bonds. The van der Waals surface area contributed by atoms with E-state index >= 15 is 0 Å². The molecule has 1 aromatic heterocycles. The Morgan fingerprint density at radius 3 is 1.82 bits per heavy atom. The molecule has 9 rings (SSSR count). The monoisotopic (exact) mass is 574 g/mol. The van der Waals surface area contributed by atoms with Gasteiger partial charge in [-0.3, -0.25) is 4.57 Å². The number of allylic oxidation sites excluding steroid dienone is 3. The fourth-order valence-corrected chi connectivity index (χ4v) is 7.18. The highest BCUT2D eigenvalue weighted by Gasteiger charge is 2.45. The van der Waals surface area contributed by atoms with Crippen molar-refractivity contribution in [2.75, 3.05) is 21.1 Å². The van der Waals surface area contributed by atoms with Crippen molar-refractivity contribution in [3.8, 4) is 0 Å². The molecule has 0 N–H and O–H groups in total. The highest BCUT2D eigenvalue weighted by molar-refractivity contribution is 6.16. The molecule has 0 spiro atoms. The molecule has 8 heteroatoms. The van der Waals surface area contributed by atoms with Crippen LogP contribution in [0.5, 0.6) is 0 Å². The van der Waals surface area contributed by atoms with Crippen molar-refractivity contribution >= 4 is 34.1 Å². The van der Waals surface area contributed by atoms with Crippen LogP contribution in [0.4, 0.5) is 0 Å². The summed E-state index contributed by atoms with van der Waals surface area (Å²) in [5.41, 5.74) is 7.14. The van der Waals surface area contributed by atoms with E-state index in [-0.39, 0.29) is 12.1 Å². The first-order chi connectivity index (χ1) is 21.5. The molecule has 0 saturated carbocycles. The molecule has 0 fully saturated rings. The number of benzene rings is 3. The number of rotatable bonds is 0. The molecule has 1 aliphatic carbocycles. The fraction of sp³-hybridized carbons (Fsp3) is 0.167.